The highest BCUT2D eigenvalue weighted by atomic mass is 19.1. The molecule has 1 N–H and O–H groups in total. The molecule has 5 nitrogen and oxygen atoms in total. The number of hydrogen-bond donors (Lipinski definition) is 1. The van der Waals surface area contributed by atoms with Gasteiger partial charge in [0.15, 0.2) is 5.76 Å². The summed E-state index contributed by atoms with van der Waals surface area (Å²) >= 11 is 0. The maximum atomic E-state index is 13.0. The summed E-state index contributed by atoms with van der Waals surface area (Å²) in [6, 6.07) is 13.8. The van der Waals surface area contributed by atoms with E-state index in [4.69, 9.17) is 4.42 Å². The summed E-state index contributed by atoms with van der Waals surface area (Å²) in [6.07, 6.45) is 0. The number of esters is 1. The van der Waals surface area contributed by atoms with Gasteiger partial charge in [-0.25, -0.2) is 9.18 Å². The highest BCUT2D eigenvalue weighted by Gasteiger charge is 2.15. The van der Waals surface area contributed by atoms with Gasteiger partial charge in [0.1, 0.15) is 11.6 Å². The number of carbonyl (C=O) groups is 2. The topological polar surface area (TPSA) is 68.5 Å². The van der Waals surface area contributed by atoms with Gasteiger partial charge in [0, 0.05) is 11.3 Å². The van der Waals surface area contributed by atoms with Crippen LogP contribution in [-0.4, -0.2) is 19.0 Å². The maximum Gasteiger partial charge on any atom is 0.337 e. The highest BCUT2D eigenvalue weighted by molar-refractivity contribution is 6.03. The Hall–Kier alpha value is -3.41. The van der Waals surface area contributed by atoms with E-state index in [9.17, 15) is 14.0 Å². The van der Waals surface area contributed by atoms with Crippen LogP contribution in [0.25, 0.3) is 11.3 Å². The normalized spacial score (nSPS) is 10.4. The zero-order valence-electron chi connectivity index (χ0n) is 14.2. The van der Waals surface area contributed by atoms with Gasteiger partial charge in [-0.3, -0.25) is 4.79 Å². The van der Waals surface area contributed by atoms with Crippen molar-refractivity contribution in [1.82, 2.24) is 0 Å². The molecule has 0 aliphatic carbocycles. The Morgan fingerprint density at radius 3 is 2.46 bits per heavy atom. The molecule has 0 aliphatic rings. The molecule has 6 heteroatoms. The van der Waals surface area contributed by atoms with E-state index < -0.39 is 11.9 Å². The molecule has 1 amide bonds. The summed E-state index contributed by atoms with van der Waals surface area (Å²) in [5.41, 5.74) is 2.27. The molecule has 1 heterocycles. The van der Waals surface area contributed by atoms with Crippen molar-refractivity contribution in [2.24, 2.45) is 0 Å². The van der Waals surface area contributed by atoms with Crippen LogP contribution in [0.5, 0.6) is 0 Å². The monoisotopic (exact) mass is 353 g/mol. The zero-order valence-corrected chi connectivity index (χ0v) is 14.2. The summed E-state index contributed by atoms with van der Waals surface area (Å²) in [5, 5.41) is 2.72. The van der Waals surface area contributed by atoms with Crippen molar-refractivity contribution in [3.05, 3.63) is 77.3 Å². The summed E-state index contributed by atoms with van der Waals surface area (Å²) < 4.78 is 23.2. The van der Waals surface area contributed by atoms with Crippen LogP contribution in [0.1, 0.15) is 26.5 Å². The number of methoxy groups -OCH3 is 1. The molecule has 0 radical (unpaired) electrons. The van der Waals surface area contributed by atoms with Gasteiger partial charge in [0.2, 0.25) is 0 Å². The number of anilines is 1. The van der Waals surface area contributed by atoms with Crippen LogP contribution >= 0.6 is 0 Å². The summed E-state index contributed by atoms with van der Waals surface area (Å²) in [6.45, 7) is 1.81. The fourth-order valence-corrected chi connectivity index (χ4v) is 2.41. The Morgan fingerprint density at radius 1 is 1.04 bits per heavy atom. The smallest absolute Gasteiger partial charge is 0.337 e. The maximum absolute atomic E-state index is 13.0. The third-order valence-corrected chi connectivity index (χ3v) is 3.87. The number of rotatable bonds is 4. The van der Waals surface area contributed by atoms with Crippen LogP contribution in [0, 0.1) is 12.7 Å². The Labute approximate surface area is 149 Å². The lowest BCUT2D eigenvalue weighted by atomic mass is 10.1. The predicted molar refractivity (Wildman–Crippen MR) is 94.6 cm³/mol. The van der Waals surface area contributed by atoms with Crippen molar-refractivity contribution in [2.45, 2.75) is 6.92 Å². The third-order valence-electron chi connectivity index (χ3n) is 3.87. The predicted octanol–water partition coefficient (Wildman–Crippen LogP) is 4.43. The number of carbonyl (C=O) groups excluding carboxylic acids is 2. The molecule has 0 atom stereocenters. The molecule has 0 spiro atoms. The van der Waals surface area contributed by atoms with Gasteiger partial charge in [0.25, 0.3) is 5.91 Å². The average molecular weight is 353 g/mol. The molecule has 0 fully saturated rings. The van der Waals surface area contributed by atoms with E-state index in [1.807, 2.05) is 6.92 Å². The van der Waals surface area contributed by atoms with Crippen LogP contribution in [0.2, 0.25) is 0 Å². The molecule has 2 aromatic carbocycles. The number of amides is 1. The molecule has 132 valence electrons. The zero-order chi connectivity index (χ0) is 18.7. The molecule has 0 aliphatic heterocycles. The van der Waals surface area contributed by atoms with Gasteiger partial charge < -0.3 is 14.5 Å². The van der Waals surface area contributed by atoms with Gasteiger partial charge in [-0.15, -0.1) is 0 Å². The van der Waals surface area contributed by atoms with Gasteiger partial charge in [0.05, 0.1) is 12.7 Å². The second-order valence-electron chi connectivity index (χ2n) is 5.65. The minimum atomic E-state index is -0.489. The molecule has 0 saturated carbocycles. The first-order valence-corrected chi connectivity index (χ1v) is 7.84. The Morgan fingerprint density at radius 2 is 1.77 bits per heavy atom. The first kappa shape index (κ1) is 17.4. The Bertz CT molecular complexity index is 960. The third kappa shape index (κ3) is 3.64. The lowest BCUT2D eigenvalue weighted by Gasteiger charge is -2.09. The van der Waals surface area contributed by atoms with Crippen molar-refractivity contribution >= 4 is 17.6 Å². The summed E-state index contributed by atoms with van der Waals surface area (Å²) in [7, 11) is 1.29. The molecule has 26 heavy (non-hydrogen) atoms. The molecule has 0 unspecified atom stereocenters. The van der Waals surface area contributed by atoms with E-state index >= 15 is 0 Å². The van der Waals surface area contributed by atoms with Crippen LogP contribution in [-0.2, 0) is 4.74 Å². The second-order valence-corrected chi connectivity index (χ2v) is 5.65. The van der Waals surface area contributed by atoms with Crippen LogP contribution in [0.3, 0.4) is 0 Å². The van der Waals surface area contributed by atoms with E-state index in [0.29, 0.717) is 22.6 Å². The van der Waals surface area contributed by atoms with Gasteiger partial charge in [-0.1, -0.05) is 6.07 Å². The van der Waals surface area contributed by atoms with Crippen molar-refractivity contribution in [3.63, 3.8) is 0 Å². The number of furan rings is 1. The first-order chi connectivity index (χ1) is 12.5. The lowest BCUT2D eigenvalue weighted by molar-refractivity contribution is 0.0600. The quantitative estimate of drug-likeness (QED) is 0.705. The SMILES string of the molecule is COC(=O)c1ccc(C)c(NC(=O)c2ccc(-c3ccc(F)cc3)o2)c1. The molecule has 1 aromatic heterocycles. The average Bonchev–Trinajstić information content (AvgIpc) is 3.13. The van der Waals surface area contributed by atoms with Crippen molar-refractivity contribution in [2.75, 3.05) is 12.4 Å². The largest absolute Gasteiger partial charge is 0.465 e. The van der Waals surface area contributed by atoms with Gasteiger partial charge >= 0.3 is 5.97 Å². The van der Waals surface area contributed by atoms with Crippen molar-refractivity contribution < 1.29 is 23.1 Å². The standard InChI is InChI=1S/C20H16FNO4/c1-12-3-4-14(20(24)25-2)11-16(12)22-19(23)18-10-9-17(26-18)13-5-7-15(21)8-6-13/h3-11H,1-2H3,(H,22,23). The number of nitrogens with one attached hydrogen (secondary N) is 1. The van der Waals surface area contributed by atoms with E-state index in [1.165, 1.54) is 25.3 Å². The molecular formula is C20H16FNO4. The minimum Gasteiger partial charge on any atom is -0.465 e. The van der Waals surface area contributed by atoms with Gasteiger partial charge in [-0.2, -0.15) is 0 Å². The fourth-order valence-electron chi connectivity index (χ4n) is 2.41. The number of halogens is 1. The number of ether oxygens (including phenoxy) is 1. The Balaban J connectivity index is 1.81. The van der Waals surface area contributed by atoms with E-state index in [2.05, 4.69) is 10.1 Å². The van der Waals surface area contributed by atoms with Crippen LogP contribution < -0.4 is 5.32 Å². The van der Waals surface area contributed by atoms with Crippen molar-refractivity contribution in [1.29, 1.82) is 0 Å². The second kappa shape index (κ2) is 7.23. The molecular weight excluding hydrogens is 337 g/mol. The van der Waals surface area contributed by atoms with Gasteiger partial charge in [-0.05, 0) is 61.0 Å². The molecule has 3 aromatic rings. The summed E-state index contributed by atoms with van der Waals surface area (Å²) in [5.74, 6) is -0.734. The molecule has 3 rings (SSSR count). The highest BCUT2D eigenvalue weighted by Crippen LogP contribution is 2.24. The summed E-state index contributed by atoms with van der Waals surface area (Å²) in [4.78, 5) is 24.1. The van der Waals surface area contributed by atoms with E-state index in [-0.39, 0.29) is 11.6 Å². The molecule has 0 saturated heterocycles. The molecule has 0 bridgehead atoms. The number of hydrogen-bond acceptors (Lipinski definition) is 4. The van der Waals surface area contributed by atoms with Crippen molar-refractivity contribution in [3.8, 4) is 11.3 Å². The lowest BCUT2D eigenvalue weighted by Crippen LogP contribution is -2.13. The fraction of sp³-hybridized carbons (Fsp3) is 0.100. The number of aryl methyl sites for hydroxylation is 1. The number of benzene rings is 2. The Kier molecular flexibility index (Phi) is 4.84. The van der Waals surface area contributed by atoms with Crippen LogP contribution in [0.4, 0.5) is 10.1 Å². The van der Waals surface area contributed by atoms with E-state index in [1.54, 1.807) is 36.4 Å². The van der Waals surface area contributed by atoms with E-state index in [0.717, 1.165) is 5.56 Å². The minimum absolute atomic E-state index is 0.104. The first-order valence-electron chi connectivity index (χ1n) is 7.84. The van der Waals surface area contributed by atoms with Crippen LogP contribution in [0.15, 0.2) is 59.0 Å².